The molecule has 1 amide bonds. The molecule has 0 bridgehead atoms. The van der Waals surface area contributed by atoms with Gasteiger partial charge in [-0.05, 0) is 39.7 Å². The van der Waals surface area contributed by atoms with Crippen LogP contribution in [0.15, 0.2) is 12.3 Å². The Hall–Kier alpha value is -2.49. The van der Waals surface area contributed by atoms with Crippen LogP contribution in [-0.2, 0) is 4.74 Å². The topological polar surface area (TPSA) is 87.5 Å². The van der Waals surface area contributed by atoms with Crippen molar-refractivity contribution in [2.75, 3.05) is 18.1 Å². The third kappa shape index (κ3) is 3.37. The molecule has 2 atom stereocenters. The zero-order chi connectivity index (χ0) is 17.3. The minimum absolute atomic E-state index is 0.0467. The molecule has 128 valence electrons. The number of carbonyl (C=O) groups excluding carboxylic acids is 1. The number of nitrogens with zero attached hydrogens (tertiary/aromatic N) is 3. The monoisotopic (exact) mass is 330 g/mol. The maximum Gasteiger partial charge on any atom is 0.407 e. The number of fused-ring (bicyclic) bond motifs is 3. The Morgan fingerprint density at radius 1 is 1.54 bits per heavy atom. The minimum Gasteiger partial charge on any atom is -0.486 e. The number of amides is 1. The van der Waals surface area contributed by atoms with Crippen LogP contribution in [0, 0.1) is 11.3 Å². The summed E-state index contributed by atoms with van der Waals surface area (Å²) >= 11 is 0. The number of rotatable bonds is 1. The van der Waals surface area contributed by atoms with Crippen LogP contribution in [0.25, 0.3) is 0 Å². The summed E-state index contributed by atoms with van der Waals surface area (Å²) in [6.07, 6.45) is 2.81. The first kappa shape index (κ1) is 16.4. The van der Waals surface area contributed by atoms with E-state index in [-0.39, 0.29) is 18.2 Å². The van der Waals surface area contributed by atoms with Gasteiger partial charge in [0, 0.05) is 18.8 Å². The second-order valence-corrected chi connectivity index (χ2v) is 7.15. The number of ether oxygens (including phenoxy) is 2. The second-order valence-electron chi connectivity index (χ2n) is 7.15. The molecule has 2 unspecified atom stereocenters. The Kier molecular flexibility index (Phi) is 4.22. The molecule has 7 nitrogen and oxygen atoms in total. The maximum absolute atomic E-state index is 11.9. The highest BCUT2D eigenvalue weighted by molar-refractivity contribution is 5.68. The highest BCUT2D eigenvalue weighted by Gasteiger charge is 2.36. The second kappa shape index (κ2) is 6.19. The van der Waals surface area contributed by atoms with Crippen molar-refractivity contribution in [2.24, 2.45) is 0 Å². The van der Waals surface area contributed by atoms with Crippen molar-refractivity contribution in [1.29, 1.82) is 5.26 Å². The van der Waals surface area contributed by atoms with E-state index in [1.807, 2.05) is 20.8 Å². The number of pyridine rings is 1. The fraction of sp³-hybridized carbons (Fsp3) is 0.588. The molecular formula is C17H22N4O3. The van der Waals surface area contributed by atoms with E-state index in [1.54, 1.807) is 12.3 Å². The lowest BCUT2D eigenvalue weighted by Gasteiger charge is -2.43. The molecule has 1 aromatic rings. The number of anilines is 1. The van der Waals surface area contributed by atoms with Crippen LogP contribution in [0.4, 0.5) is 10.6 Å². The summed E-state index contributed by atoms with van der Waals surface area (Å²) in [5, 5.41) is 12.1. The molecule has 0 spiro atoms. The van der Waals surface area contributed by atoms with E-state index in [1.165, 1.54) is 0 Å². The van der Waals surface area contributed by atoms with Crippen LogP contribution < -0.4 is 15.0 Å². The molecule has 7 heteroatoms. The molecule has 3 rings (SSSR count). The van der Waals surface area contributed by atoms with Crippen LogP contribution in [0.3, 0.4) is 0 Å². The van der Waals surface area contributed by atoms with Crippen molar-refractivity contribution >= 4 is 11.9 Å². The van der Waals surface area contributed by atoms with Crippen molar-refractivity contribution in [3.8, 4) is 11.8 Å². The zero-order valence-corrected chi connectivity index (χ0v) is 14.2. The van der Waals surface area contributed by atoms with E-state index in [2.05, 4.69) is 21.3 Å². The lowest BCUT2D eigenvalue weighted by atomic mass is 9.96. The molecule has 0 radical (unpaired) electrons. The highest BCUT2D eigenvalue weighted by Crippen LogP contribution is 2.37. The third-order valence-electron chi connectivity index (χ3n) is 4.13. The zero-order valence-electron chi connectivity index (χ0n) is 14.2. The first-order valence-corrected chi connectivity index (χ1v) is 8.15. The van der Waals surface area contributed by atoms with Gasteiger partial charge in [0.25, 0.3) is 0 Å². The Morgan fingerprint density at radius 3 is 3.04 bits per heavy atom. The van der Waals surface area contributed by atoms with Crippen LogP contribution >= 0.6 is 0 Å². The average molecular weight is 330 g/mol. The van der Waals surface area contributed by atoms with Gasteiger partial charge in [0.2, 0.25) is 0 Å². The fourth-order valence-electron chi connectivity index (χ4n) is 3.14. The van der Waals surface area contributed by atoms with Gasteiger partial charge in [-0.15, -0.1) is 0 Å². The number of piperidine rings is 1. The van der Waals surface area contributed by atoms with Crippen LogP contribution in [0.1, 0.15) is 39.2 Å². The molecule has 2 aliphatic heterocycles. The normalized spacial score (nSPS) is 22.5. The van der Waals surface area contributed by atoms with Gasteiger partial charge in [-0.2, -0.15) is 5.26 Å². The number of carbonyl (C=O) groups is 1. The number of hydrogen-bond acceptors (Lipinski definition) is 6. The molecular weight excluding hydrogens is 308 g/mol. The molecule has 3 heterocycles. The number of nitriles is 1. The summed E-state index contributed by atoms with van der Waals surface area (Å²) in [5.74, 6) is 1.29. The van der Waals surface area contributed by atoms with Crippen molar-refractivity contribution in [1.82, 2.24) is 10.3 Å². The van der Waals surface area contributed by atoms with Crippen molar-refractivity contribution in [3.05, 3.63) is 17.8 Å². The van der Waals surface area contributed by atoms with Gasteiger partial charge in [0.1, 0.15) is 18.3 Å². The van der Waals surface area contributed by atoms with E-state index >= 15 is 0 Å². The Bertz CT molecular complexity index is 677. The van der Waals surface area contributed by atoms with Crippen LogP contribution in [-0.4, -0.2) is 41.9 Å². The van der Waals surface area contributed by atoms with E-state index in [0.717, 1.165) is 25.2 Å². The molecule has 1 fully saturated rings. The molecule has 2 aliphatic rings. The van der Waals surface area contributed by atoms with Gasteiger partial charge in [0.15, 0.2) is 11.6 Å². The minimum atomic E-state index is -0.505. The van der Waals surface area contributed by atoms with Crippen molar-refractivity contribution < 1.29 is 14.3 Å². The number of alkyl carbamates (subject to hydrolysis) is 1. The Labute approximate surface area is 141 Å². The van der Waals surface area contributed by atoms with E-state index in [0.29, 0.717) is 17.9 Å². The number of hydrogen-bond donors (Lipinski definition) is 1. The predicted octanol–water partition coefficient (Wildman–Crippen LogP) is 2.21. The lowest BCUT2D eigenvalue weighted by molar-refractivity contribution is 0.0488. The van der Waals surface area contributed by atoms with E-state index in [9.17, 15) is 10.1 Å². The van der Waals surface area contributed by atoms with Crippen LogP contribution in [0.5, 0.6) is 5.75 Å². The van der Waals surface area contributed by atoms with Gasteiger partial charge in [0.05, 0.1) is 11.6 Å². The SMILES string of the molecule is CC(C)(C)OC(=O)NC1CCN2c3nccc(C#N)c3OCC2C1. The fourth-order valence-corrected chi connectivity index (χ4v) is 3.14. The first-order valence-electron chi connectivity index (χ1n) is 8.15. The highest BCUT2D eigenvalue weighted by atomic mass is 16.6. The third-order valence-corrected chi connectivity index (χ3v) is 4.13. The standard InChI is InChI=1S/C17H22N4O3/c1-17(2,3)24-16(22)20-12-5-7-21-13(8-12)10-23-14-11(9-18)4-6-19-15(14)21/h4,6,12-13H,5,7-8,10H2,1-3H3,(H,20,22). The number of aromatic nitrogens is 1. The van der Waals surface area contributed by atoms with Crippen LogP contribution in [0.2, 0.25) is 0 Å². The Morgan fingerprint density at radius 2 is 2.33 bits per heavy atom. The summed E-state index contributed by atoms with van der Waals surface area (Å²) in [5.41, 5.74) is 0.00223. The summed E-state index contributed by atoms with van der Waals surface area (Å²) in [4.78, 5) is 18.5. The molecule has 0 saturated carbocycles. The van der Waals surface area contributed by atoms with Crippen molar-refractivity contribution in [3.63, 3.8) is 0 Å². The predicted molar refractivity (Wildman–Crippen MR) is 88.0 cm³/mol. The van der Waals surface area contributed by atoms with Gasteiger partial charge < -0.3 is 19.7 Å². The number of nitrogens with one attached hydrogen (secondary N) is 1. The molecule has 0 aliphatic carbocycles. The maximum atomic E-state index is 11.9. The smallest absolute Gasteiger partial charge is 0.407 e. The molecule has 1 aromatic heterocycles. The molecule has 24 heavy (non-hydrogen) atoms. The summed E-state index contributed by atoms with van der Waals surface area (Å²) < 4.78 is 11.1. The van der Waals surface area contributed by atoms with Gasteiger partial charge >= 0.3 is 6.09 Å². The quantitative estimate of drug-likeness (QED) is 0.849. The van der Waals surface area contributed by atoms with Gasteiger partial charge in [-0.1, -0.05) is 0 Å². The van der Waals surface area contributed by atoms with E-state index < -0.39 is 5.60 Å². The lowest BCUT2D eigenvalue weighted by Crippen LogP contribution is -2.54. The summed E-state index contributed by atoms with van der Waals surface area (Å²) in [6.45, 7) is 6.78. The Balaban J connectivity index is 1.67. The van der Waals surface area contributed by atoms with Crippen molar-refractivity contribution in [2.45, 2.75) is 51.3 Å². The summed E-state index contributed by atoms with van der Waals surface area (Å²) in [7, 11) is 0. The first-order chi connectivity index (χ1) is 11.4. The van der Waals surface area contributed by atoms with Gasteiger partial charge in [-0.25, -0.2) is 9.78 Å². The summed E-state index contributed by atoms with van der Waals surface area (Å²) in [6, 6.07) is 3.98. The molecule has 1 saturated heterocycles. The molecule has 0 aromatic carbocycles. The molecule has 1 N–H and O–H groups in total. The average Bonchev–Trinajstić information content (AvgIpc) is 2.51. The van der Waals surface area contributed by atoms with E-state index in [4.69, 9.17) is 9.47 Å². The van der Waals surface area contributed by atoms with Gasteiger partial charge in [-0.3, -0.25) is 0 Å². The largest absolute Gasteiger partial charge is 0.486 e.